The predicted molar refractivity (Wildman–Crippen MR) is 136 cm³/mol. The summed E-state index contributed by atoms with van der Waals surface area (Å²) in [6.07, 6.45) is 0.0420. The van der Waals surface area contributed by atoms with Crippen LogP contribution in [0.3, 0.4) is 0 Å². The van der Waals surface area contributed by atoms with E-state index < -0.39 is 29.7 Å². The Morgan fingerprint density at radius 1 is 1.27 bits per heavy atom. The third kappa shape index (κ3) is 5.86. The van der Waals surface area contributed by atoms with Crippen molar-refractivity contribution in [1.29, 1.82) is 0 Å². The van der Waals surface area contributed by atoms with E-state index in [9.17, 15) is 19.5 Å². The first-order valence-electron chi connectivity index (χ1n) is 11.5. The molecule has 0 aliphatic carbocycles. The van der Waals surface area contributed by atoms with Crippen molar-refractivity contribution in [1.82, 2.24) is 20.6 Å². The largest absolute Gasteiger partial charge is 0.477 e. The van der Waals surface area contributed by atoms with Crippen LogP contribution in [0.25, 0.3) is 0 Å². The van der Waals surface area contributed by atoms with Crippen LogP contribution in [0.5, 0.6) is 0 Å². The molecule has 2 aromatic heterocycles. The fourth-order valence-electron chi connectivity index (χ4n) is 4.19. The Bertz CT molecular complexity index is 1200. The van der Waals surface area contributed by atoms with E-state index in [0.29, 0.717) is 48.6 Å². The second kappa shape index (κ2) is 11.1. The lowest BCUT2D eigenvalue weighted by Gasteiger charge is -2.37. The third-order valence-corrected chi connectivity index (χ3v) is 8.27. The molecule has 0 unspecified atom stereocenters. The molecule has 2 aromatic rings. The van der Waals surface area contributed by atoms with Crippen LogP contribution >= 0.6 is 34.5 Å². The number of ether oxygens (including phenoxy) is 3. The number of thiazole rings is 1. The Morgan fingerprint density at radius 3 is 2.57 bits per heavy atom. The first-order valence-corrected chi connectivity index (χ1v) is 13.0. The molecule has 202 valence electrons. The Balaban J connectivity index is 1.44. The van der Waals surface area contributed by atoms with Gasteiger partial charge < -0.3 is 39.8 Å². The zero-order valence-electron chi connectivity index (χ0n) is 20.4. The summed E-state index contributed by atoms with van der Waals surface area (Å²) in [5.41, 5.74) is 0.572. The number of rotatable bonds is 8. The summed E-state index contributed by atoms with van der Waals surface area (Å²) in [6, 6.07) is -0.346. The molecule has 4 N–H and O–H groups in total. The van der Waals surface area contributed by atoms with Crippen molar-refractivity contribution in [2.24, 2.45) is 0 Å². The van der Waals surface area contributed by atoms with Crippen LogP contribution in [0.4, 0.5) is 5.13 Å². The number of aromatic carboxylic acids is 1. The Hall–Kier alpha value is -2.42. The number of amides is 2. The van der Waals surface area contributed by atoms with Gasteiger partial charge in [-0.05, 0) is 20.3 Å². The van der Waals surface area contributed by atoms with Crippen molar-refractivity contribution in [3.8, 4) is 0 Å². The minimum Gasteiger partial charge on any atom is -0.477 e. The summed E-state index contributed by atoms with van der Waals surface area (Å²) < 4.78 is 16.6. The maximum absolute atomic E-state index is 12.8. The van der Waals surface area contributed by atoms with E-state index in [0.717, 1.165) is 11.3 Å². The van der Waals surface area contributed by atoms with Crippen molar-refractivity contribution in [3.63, 3.8) is 0 Å². The zero-order valence-corrected chi connectivity index (χ0v) is 22.7. The molecule has 2 aliphatic rings. The minimum absolute atomic E-state index is 0.0458. The normalized spacial score (nSPS) is 21.2. The number of carboxylic acid groups (broad SMARTS) is 1. The number of halogens is 2. The number of piperidine rings is 1. The summed E-state index contributed by atoms with van der Waals surface area (Å²) in [6.45, 7) is 5.03. The summed E-state index contributed by atoms with van der Waals surface area (Å²) in [4.78, 5) is 46.3. The number of carboxylic acids is 1. The van der Waals surface area contributed by atoms with E-state index in [1.807, 2.05) is 4.90 Å². The lowest BCUT2D eigenvalue weighted by molar-refractivity contribution is -0.136. The number of aromatic amines is 1. The molecule has 2 atom stereocenters. The molecule has 37 heavy (non-hydrogen) atoms. The van der Waals surface area contributed by atoms with Gasteiger partial charge in [0, 0.05) is 25.9 Å². The van der Waals surface area contributed by atoms with Crippen LogP contribution < -0.4 is 15.5 Å². The number of aromatic nitrogens is 2. The number of hydrogen-bond donors (Lipinski definition) is 4. The smallest absolute Gasteiger partial charge is 0.348 e. The molecule has 0 aromatic carbocycles. The lowest BCUT2D eigenvalue weighted by atomic mass is 10.0. The van der Waals surface area contributed by atoms with Gasteiger partial charge in [0.15, 0.2) is 16.6 Å². The number of hydrogen-bond acceptors (Lipinski definition) is 9. The summed E-state index contributed by atoms with van der Waals surface area (Å²) in [5, 5.41) is 16.1. The van der Waals surface area contributed by atoms with Gasteiger partial charge in [-0.15, -0.1) is 0 Å². The molecule has 0 radical (unpaired) electrons. The molecule has 2 amide bonds. The monoisotopic (exact) mass is 575 g/mol. The Labute approximate surface area is 226 Å². The number of anilines is 1. The summed E-state index contributed by atoms with van der Waals surface area (Å²) in [5.74, 6) is -3.27. The highest BCUT2D eigenvalue weighted by molar-refractivity contribution is 7.17. The first-order chi connectivity index (χ1) is 17.5. The fourth-order valence-corrected chi connectivity index (χ4v) is 5.54. The maximum atomic E-state index is 12.8. The van der Waals surface area contributed by atoms with E-state index in [-0.39, 0.29) is 33.9 Å². The van der Waals surface area contributed by atoms with Crippen LogP contribution in [-0.2, 0) is 14.2 Å². The number of carbonyl (C=O) groups excluding carboxylic acids is 2. The molecule has 2 saturated heterocycles. The average molecular weight is 576 g/mol. The van der Waals surface area contributed by atoms with Gasteiger partial charge in [-0.25, -0.2) is 9.78 Å². The second-order valence-electron chi connectivity index (χ2n) is 8.83. The van der Waals surface area contributed by atoms with Gasteiger partial charge in [-0.2, -0.15) is 0 Å². The maximum Gasteiger partial charge on any atom is 0.348 e. The van der Waals surface area contributed by atoms with Crippen molar-refractivity contribution < 1.29 is 33.7 Å². The average Bonchev–Trinajstić information content (AvgIpc) is 3.58. The molecule has 4 rings (SSSR count). The van der Waals surface area contributed by atoms with E-state index in [1.54, 1.807) is 13.8 Å². The van der Waals surface area contributed by atoms with Gasteiger partial charge in [0.1, 0.15) is 10.6 Å². The standard InChI is InChI=1S/C22H27Cl2N5O7S/c1-10-13(23)14(24)15(26-10)19(31)27-11-4-5-29(8-12(11)34-3)21-28-16(17(37-21)20(32)33)18(30)25-9-22(2)35-6-7-36-22/h11-12,26H,4-9H2,1-3H3,(H,25,30)(H,27,31)(H,32,33)/t11-,12+/m1/s1. The van der Waals surface area contributed by atoms with Gasteiger partial charge in [-0.3, -0.25) is 9.59 Å². The molecule has 0 bridgehead atoms. The van der Waals surface area contributed by atoms with Crippen LogP contribution in [0.1, 0.15) is 49.7 Å². The number of methoxy groups -OCH3 is 1. The van der Waals surface area contributed by atoms with E-state index >= 15 is 0 Å². The predicted octanol–water partition coefficient (Wildman–Crippen LogP) is 2.30. The third-order valence-electron chi connectivity index (χ3n) is 6.22. The quantitative estimate of drug-likeness (QED) is 0.371. The van der Waals surface area contributed by atoms with Crippen LogP contribution in [0, 0.1) is 6.92 Å². The molecular formula is C22H27Cl2N5O7S. The SMILES string of the molecule is CO[C@H]1CN(c2nc(C(=O)NCC3(C)OCCO3)c(C(=O)O)s2)CC[C@H]1NC(=O)c1[nH]c(C)c(Cl)c1Cl. The molecule has 2 aliphatic heterocycles. The lowest BCUT2D eigenvalue weighted by Crippen LogP contribution is -2.55. The topological polar surface area (TPSA) is 155 Å². The van der Waals surface area contributed by atoms with E-state index in [4.69, 9.17) is 37.4 Å². The molecule has 12 nitrogen and oxygen atoms in total. The molecule has 2 fully saturated rings. The highest BCUT2D eigenvalue weighted by Crippen LogP contribution is 2.31. The molecule has 4 heterocycles. The summed E-state index contributed by atoms with van der Waals surface area (Å²) in [7, 11) is 1.52. The number of aryl methyl sites for hydroxylation is 1. The Morgan fingerprint density at radius 2 is 1.97 bits per heavy atom. The Kier molecular flexibility index (Phi) is 8.31. The molecular weight excluding hydrogens is 549 g/mol. The van der Waals surface area contributed by atoms with Crippen molar-refractivity contribution in [2.75, 3.05) is 44.9 Å². The highest BCUT2D eigenvalue weighted by atomic mass is 35.5. The van der Waals surface area contributed by atoms with Gasteiger partial charge in [0.25, 0.3) is 11.8 Å². The van der Waals surface area contributed by atoms with Crippen LogP contribution in [-0.4, -0.2) is 90.7 Å². The van der Waals surface area contributed by atoms with Crippen LogP contribution in [0.15, 0.2) is 0 Å². The molecule has 15 heteroatoms. The van der Waals surface area contributed by atoms with Gasteiger partial charge >= 0.3 is 5.97 Å². The number of carbonyl (C=O) groups is 3. The number of H-pyrrole nitrogens is 1. The van der Waals surface area contributed by atoms with E-state index in [1.165, 1.54) is 7.11 Å². The van der Waals surface area contributed by atoms with Crippen molar-refractivity contribution in [2.45, 2.75) is 38.2 Å². The van der Waals surface area contributed by atoms with Crippen molar-refractivity contribution >= 4 is 57.5 Å². The van der Waals surface area contributed by atoms with Gasteiger partial charge in [-0.1, -0.05) is 34.5 Å². The number of nitrogens with zero attached hydrogens (tertiary/aromatic N) is 2. The molecule has 0 saturated carbocycles. The number of nitrogens with one attached hydrogen (secondary N) is 3. The van der Waals surface area contributed by atoms with E-state index in [2.05, 4.69) is 20.6 Å². The van der Waals surface area contributed by atoms with Crippen molar-refractivity contribution in [3.05, 3.63) is 32.0 Å². The highest BCUT2D eigenvalue weighted by Gasteiger charge is 2.36. The van der Waals surface area contributed by atoms with Gasteiger partial charge in [0.05, 0.1) is 41.9 Å². The summed E-state index contributed by atoms with van der Waals surface area (Å²) >= 11 is 13.2. The molecule has 0 spiro atoms. The zero-order chi connectivity index (χ0) is 26.9. The second-order valence-corrected chi connectivity index (χ2v) is 10.6. The fraction of sp³-hybridized carbons (Fsp3) is 0.545. The first kappa shape index (κ1) is 27.6. The minimum atomic E-state index is -1.25. The van der Waals surface area contributed by atoms with Gasteiger partial charge in [0.2, 0.25) is 0 Å². The van der Waals surface area contributed by atoms with Crippen LogP contribution in [0.2, 0.25) is 10.0 Å².